The number of carbonyl (C=O) groups is 2. The highest BCUT2D eigenvalue weighted by Gasteiger charge is 2.39. The molecule has 0 spiro atoms. The summed E-state index contributed by atoms with van der Waals surface area (Å²) in [6.07, 6.45) is 6.22. The smallest absolute Gasteiger partial charge is 0.317 e. The summed E-state index contributed by atoms with van der Waals surface area (Å²) >= 11 is 0. The first-order chi connectivity index (χ1) is 10.1. The normalized spacial score (nSPS) is 25.8. The average Bonchev–Trinajstić information content (AvgIpc) is 3.20. The van der Waals surface area contributed by atoms with Gasteiger partial charge in [0.1, 0.15) is 0 Å². The lowest BCUT2D eigenvalue weighted by Crippen LogP contribution is -2.57. The fourth-order valence-electron chi connectivity index (χ4n) is 3.72. The van der Waals surface area contributed by atoms with E-state index in [1.54, 1.807) is 0 Å². The fourth-order valence-corrected chi connectivity index (χ4v) is 3.72. The van der Waals surface area contributed by atoms with E-state index in [4.69, 9.17) is 5.11 Å². The molecule has 0 aromatic rings. The standard InChI is InChI=1S/C15H25N3O3/c19-13(20)11-15(5-1-2-6-15)16-14(21)18-9-7-17(8-10-18)12-3-4-12/h12H,1-11H2,(H,16,21)(H,19,20). The molecule has 1 saturated heterocycles. The molecule has 0 aromatic heterocycles. The number of carbonyl (C=O) groups excluding carboxylic acids is 1. The van der Waals surface area contributed by atoms with Crippen molar-refractivity contribution < 1.29 is 14.7 Å². The predicted molar refractivity (Wildman–Crippen MR) is 78.2 cm³/mol. The molecule has 3 aliphatic rings. The molecule has 1 aliphatic heterocycles. The highest BCUT2D eigenvalue weighted by atomic mass is 16.4. The van der Waals surface area contributed by atoms with Crippen molar-refractivity contribution >= 4 is 12.0 Å². The van der Waals surface area contributed by atoms with Gasteiger partial charge in [0.15, 0.2) is 0 Å². The van der Waals surface area contributed by atoms with Crippen LogP contribution in [-0.4, -0.2) is 64.7 Å². The summed E-state index contributed by atoms with van der Waals surface area (Å²) in [4.78, 5) is 27.8. The molecule has 0 bridgehead atoms. The van der Waals surface area contributed by atoms with Crippen LogP contribution in [0.1, 0.15) is 44.9 Å². The quantitative estimate of drug-likeness (QED) is 0.819. The van der Waals surface area contributed by atoms with Crippen LogP contribution in [0.25, 0.3) is 0 Å². The maximum Gasteiger partial charge on any atom is 0.317 e. The zero-order valence-electron chi connectivity index (χ0n) is 12.5. The van der Waals surface area contributed by atoms with E-state index in [0.29, 0.717) is 0 Å². The lowest BCUT2D eigenvalue weighted by Gasteiger charge is -2.37. The maximum atomic E-state index is 12.4. The van der Waals surface area contributed by atoms with E-state index in [1.807, 2.05) is 4.90 Å². The Morgan fingerprint density at radius 1 is 1.10 bits per heavy atom. The van der Waals surface area contributed by atoms with Gasteiger partial charge < -0.3 is 15.3 Å². The van der Waals surface area contributed by atoms with Crippen molar-refractivity contribution in [1.82, 2.24) is 15.1 Å². The Labute approximate surface area is 125 Å². The van der Waals surface area contributed by atoms with Crippen LogP contribution in [0.3, 0.4) is 0 Å². The Morgan fingerprint density at radius 2 is 1.71 bits per heavy atom. The summed E-state index contributed by atoms with van der Waals surface area (Å²) in [5.74, 6) is -0.823. The number of urea groups is 1. The van der Waals surface area contributed by atoms with Crippen LogP contribution in [0.2, 0.25) is 0 Å². The third-order valence-corrected chi connectivity index (χ3v) is 5.09. The predicted octanol–water partition coefficient (Wildman–Crippen LogP) is 1.26. The van der Waals surface area contributed by atoms with Gasteiger partial charge in [-0.1, -0.05) is 12.8 Å². The topological polar surface area (TPSA) is 72.9 Å². The molecule has 0 radical (unpaired) electrons. The first-order valence-electron chi connectivity index (χ1n) is 8.11. The van der Waals surface area contributed by atoms with Crippen molar-refractivity contribution in [2.24, 2.45) is 0 Å². The lowest BCUT2D eigenvalue weighted by molar-refractivity contribution is -0.138. The molecule has 2 saturated carbocycles. The van der Waals surface area contributed by atoms with E-state index in [-0.39, 0.29) is 12.5 Å². The van der Waals surface area contributed by atoms with Gasteiger partial charge in [-0.3, -0.25) is 9.69 Å². The van der Waals surface area contributed by atoms with Crippen molar-refractivity contribution in [1.29, 1.82) is 0 Å². The van der Waals surface area contributed by atoms with Gasteiger partial charge in [-0.05, 0) is 25.7 Å². The summed E-state index contributed by atoms with van der Waals surface area (Å²) in [5, 5.41) is 12.1. The van der Waals surface area contributed by atoms with Gasteiger partial charge in [0, 0.05) is 32.2 Å². The molecule has 1 heterocycles. The summed E-state index contributed by atoms with van der Waals surface area (Å²) in [6.45, 7) is 3.41. The molecular weight excluding hydrogens is 270 g/mol. The van der Waals surface area contributed by atoms with E-state index in [1.165, 1.54) is 12.8 Å². The van der Waals surface area contributed by atoms with Crippen LogP contribution in [0.4, 0.5) is 4.79 Å². The highest BCUT2D eigenvalue weighted by Crippen LogP contribution is 2.33. The van der Waals surface area contributed by atoms with Crippen LogP contribution in [-0.2, 0) is 4.79 Å². The third-order valence-electron chi connectivity index (χ3n) is 5.09. The van der Waals surface area contributed by atoms with Crippen LogP contribution in [0, 0.1) is 0 Å². The second-order valence-corrected chi connectivity index (χ2v) is 6.74. The molecule has 21 heavy (non-hydrogen) atoms. The minimum absolute atomic E-state index is 0.0424. The molecule has 6 heteroatoms. The number of hydrogen-bond acceptors (Lipinski definition) is 3. The molecule has 118 valence electrons. The van der Waals surface area contributed by atoms with Gasteiger partial charge >= 0.3 is 12.0 Å². The summed E-state index contributed by atoms with van der Waals surface area (Å²) in [5.41, 5.74) is -0.517. The van der Waals surface area contributed by atoms with E-state index >= 15 is 0 Å². The molecular formula is C15H25N3O3. The Morgan fingerprint density at radius 3 is 2.24 bits per heavy atom. The summed E-state index contributed by atoms with van der Waals surface area (Å²) in [6, 6.07) is 0.678. The summed E-state index contributed by atoms with van der Waals surface area (Å²) < 4.78 is 0. The van der Waals surface area contributed by atoms with Gasteiger partial charge in [0.2, 0.25) is 0 Å². The second kappa shape index (κ2) is 5.83. The van der Waals surface area contributed by atoms with E-state index < -0.39 is 11.5 Å². The molecule has 0 aromatic carbocycles. The number of hydrogen-bond donors (Lipinski definition) is 2. The SMILES string of the molecule is O=C(O)CC1(NC(=O)N2CCN(C3CC3)CC2)CCCC1. The zero-order chi connectivity index (χ0) is 14.9. The molecule has 3 fully saturated rings. The van der Waals surface area contributed by atoms with Gasteiger partial charge in [-0.2, -0.15) is 0 Å². The summed E-state index contributed by atoms with van der Waals surface area (Å²) in [7, 11) is 0. The molecule has 6 nitrogen and oxygen atoms in total. The van der Waals surface area contributed by atoms with E-state index in [9.17, 15) is 9.59 Å². The minimum atomic E-state index is -0.823. The molecule has 2 aliphatic carbocycles. The van der Waals surface area contributed by atoms with Crippen LogP contribution in [0.5, 0.6) is 0 Å². The number of carboxylic acid groups (broad SMARTS) is 1. The lowest BCUT2D eigenvalue weighted by atomic mass is 9.93. The van der Waals surface area contributed by atoms with Gasteiger partial charge in [-0.25, -0.2) is 4.79 Å². The zero-order valence-corrected chi connectivity index (χ0v) is 12.5. The Kier molecular flexibility index (Phi) is 4.06. The van der Waals surface area contributed by atoms with Crippen molar-refractivity contribution in [2.45, 2.75) is 56.5 Å². The number of nitrogens with zero attached hydrogens (tertiary/aromatic N) is 2. The fraction of sp³-hybridized carbons (Fsp3) is 0.867. The van der Waals surface area contributed by atoms with Crippen LogP contribution >= 0.6 is 0 Å². The number of nitrogens with one attached hydrogen (secondary N) is 1. The Bertz CT molecular complexity index is 408. The van der Waals surface area contributed by atoms with Crippen molar-refractivity contribution in [3.05, 3.63) is 0 Å². The second-order valence-electron chi connectivity index (χ2n) is 6.74. The number of piperazine rings is 1. The molecule has 2 amide bonds. The van der Waals surface area contributed by atoms with E-state index in [0.717, 1.165) is 57.9 Å². The molecule has 0 unspecified atom stereocenters. The Balaban J connectivity index is 1.53. The third kappa shape index (κ3) is 3.48. The number of amides is 2. The number of rotatable bonds is 4. The average molecular weight is 295 g/mol. The largest absolute Gasteiger partial charge is 0.481 e. The van der Waals surface area contributed by atoms with Gasteiger partial charge in [0.05, 0.1) is 12.0 Å². The molecule has 0 atom stereocenters. The molecule has 3 rings (SSSR count). The minimum Gasteiger partial charge on any atom is -0.481 e. The van der Waals surface area contributed by atoms with Crippen molar-refractivity contribution in [3.63, 3.8) is 0 Å². The van der Waals surface area contributed by atoms with E-state index in [2.05, 4.69) is 10.2 Å². The van der Waals surface area contributed by atoms with Gasteiger partial charge in [-0.15, -0.1) is 0 Å². The maximum absolute atomic E-state index is 12.4. The first-order valence-corrected chi connectivity index (χ1v) is 8.11. The number of aliphatic carboxylic acids is 1. The van der Waals surface area contributed by atoms with Gasteiger partial charge in [0.25, 0.3) is 0 Å². The monoisotopic (exact) mass is 295 g/mol. The number of carboxylic acids is 1. The van der Waals surface area contributed by atoms with Crippen molar-refractivity contribution in [2.75, 3.05) is 26.2 Å². The highest BCUT2D eigenvalue weighted by molar-refractivity contribution is 5.77. The van der Waals surface area contributed by atoms with Crippen molar-refractivity contribution in [3.8, 4) is 0 Å². The molecule has 2 N–H and O–H groups in total. The first kappa shape index (κ1) is 14.6. The van der Waals surface area contributed by atoms with Crippen LogP contribution in [0.15, 0.2) is 0 Å². The van der Waals surface area contributed by atoms with Crippen LogP contribution < -0.4 is 5.32 Å². The Hall–Kier alpha value is -1.30.